The van der Waals surface area contributed by atoms with Crippen molar-refractivity contribution < 1.29 is 9.53 Å². The van der Waals surface area contributed by atoms with Crippen molar-refractivity contribution in [3.63, 3.8) is 0 Å². The van der Waals surface area contributed by atoms with Gasteiger partial charge < -0.3 is 20.3 Å². The van der Waals surface area contributed by atoms with E-state index in [1.807, 2.05) is 31.2 Å². The molecule has 2 amide bonds. The van der Waals surface area contributed by atoms with E-state index < -0.39 is 0 Å². The number of nitrogens with zero attached hydrogens (tertiary/aromatic N) is 3. The number of urea groups is 1. The van der Waals surface area contributed by atoms with E-state index in [9.17, 15) is 4.79 Å². The Labute approximate surface area is 160 Å². The number of amides is 2. The number of ether oxygens (including phenoxy) is 1. The van der Waals surface area contributed by atoms with Gasteiger partial charge in [0.2, 0.25) is 0 Å². The highest BCUT2D eigenvalue weighted by Crippen LogP contribution is 2.20. The summed E-state index contributed by atoms with van der Waals surface area (Å²) in [6.45, 7) is 4.07. The minimum atomic E-state index is -0.240. The summed E-state index contributed by atoms with van der Waals surface area (Å²) >= 11 is 0. The average molecular weight is 369 g/mol. The van der Waals surface area contributed by atoms with Crippen molar-refractivity contribution in [1.29, 1.82) is 0 Å². The third kappa shape index (κ3) is 6.21. The highest BCUT2D eigenvalue weighted by Gasteiger charge is 2.18. The number of rotatable bonds is 6. The SMILES string of the molecule is C[C@H](Cc1cnccn1)NC(=O)Nc1ccc(OC2CCN(C)CC2)cc1. The second-order valence-electron chi connectivity index (χ2n) is 7.05. The number of carbonyl (C=O) groups excluding carboxylic acids is 1. The van der Waals surface area contributed by atoms with Crippen molar-refractivity contribution in [2.75, 3.05) is 25.5 Å². The van der Waals surface area contributed by atoms with Crippen LogP contribution in [0.25, 0.3) is 0 Å². The van der Waals surface area contributed by atoms with Gasteiger partial charge in [-0.2, -0.15) is 0 Å². The molecule has 3 rings (SSSR count). The second kappa shape index (κ2) is 9.32. The van der Waals surface area contributed by atoms with Gasteiger partial charge in [0.05, 0.1) is 5.69 Å². The van der Waals surface area contributed by atoms with Gasteiger partial charge in [-0.05, 0) is 51.1 Å². The molecule has 2 aromatic rings. The zero-order valence-electron chi connectivity index (χ0n) is 15.9. The standard InChI is InChI=1S/C20H27N5O2/c1-15(13-17-14-21-9-10-22-17)23-20(26)24-16-3-5-18(6-4-16)27-19-7-11-25(2)12-8-19/h3-6,9-10,14-15,19H,7-8,11-13H2,1-2H3,(H2,23,24,26)/t15-/m1/s1. The lowest BCUT2D eigenvalue weighted by molar-refractivity contribution is 0.114. The van der Waals surface area contributed by atoms with E-state index in [0.717, 1.165) is 43.1 Å². The Kier molecular flexibility index (Phi) is 6.59. The van der Waals surface area contributed by atoms with Crippen LogP contribution in [-0.4, -0.2) is 53.2 Å². The molecule has 0 bridgehead atoms. The third-order valence-electron chi connectivity index (χ3n) is 4.59. The quantitative estimate of drug-likeness (QED) is 0.818. The Morgan fingerprint density at radius 2 is 2.00 bits per heavy atom. The lowest BCUT2D eigenvalue weighted by Crippen LogP contribution is -2.37. The number of hydrogen-bond acceptors (Lipinski definition) is 5. The molecule has 1 aromatic heterocycles. The van der Waals surface area contributed by atoms with Gasteiger partial charge in [0, 0.05) is 49.8 Å². The van der Waals surface area contributed by atoms with E-state index in [4.69, 9.17) is 4.74 Å². The fraction of sp³-hybridized carbons (Fsp3) is 0.450. The van der Waals surface area contributed by atoms with Gasteiger partial charge in [0.1, 0.15) is 11.9 Å². The van der Waals surface area contributed by atoms with E-state index in [1.54, 1.807) is 18.6 Å². The van der Waals surface area contributed by atoms with E-state index in [-0.39, 0.29) is 18.2 Å². The minimum Gasteiger partial charge on any atom is -0.490 e. The van der Waals surface area contributed by atoms with Crippen molar-refractivity contribution >= 4 is 11.7 Å². The number of benzene rings is 1. The fourth-order valence-corrected chi connectivity index (χ4v) is 3.10. The first-order valence-corrected chi connectivity index (χ1v) is 9.36. The fourth-order valence-electron chi connectivity index (χ4n) is 3.10. The van der Waals surface area contributed by atoms with Gasteiger partial charge in [0.25, 0.3) is 0 Å². The van der Waals surface area contributed by atoms with E-state index in [1.165, 1.54) is 0 Å². The molecule has 144 valence electrons. The maximum Gasteiger partial charge on any atom is 0.319 e. The summed E-state index contributed by atoms with van der Waals surface area (Å²) in [6, 6.07) is 7.23. The summed E-state index contributed by atoms with van der Waals surface area (Å²) in [4.78, 5) is 22.7. The van der Waals surface area contributed by atoms with Crippen LogP contribution in [0.5, 0.6) is 5.75 Å². The van der Waals surface area contributed by atoms with Crippen molar-refractivity contribution in [2.45, 2.75) is 38.3 Å². The zero-order valence-corrected chi connectivity index (χ0v) is 15.9. The van der Waals surface area contributed by atoms with Crippen LogP contribution in [0.2, 0.25) is 0 Å². The number of likely N-dealkylation sites (tertiary alicyclic amines) is 1. The summed E-state index contributed by atoms with van der Waals surface area (Å²) in [7, 11) is 2.13. The Morgan fingerprint density at radius 3 is 2.67 bits per heavy atom. The molecule has 2 heterocycles. The molecule has 1 aliphatic rings. The molecule has 0 unspecified atom stereocenters. The Bertz CT molecular complexity index is 715. The van der Waals surface area contributed by atoms with Gasteiger partial charge in [-0.3, -0.25) is 9.97 Å². The van der Waals surface area contributed by atoms with Crippen molar-refractivity contribution in [3.8, 4) is 5.75 Å². The molecular formula is C20H27N5O2. The number of aromatic nitrogens is 2. The van der Waals surface area contributed by atoms with Crippen LogP contribution in [0.4, 0.5) is 10.5 Å². The molecule has 0 spiro atoms. The van der Waals surface area contributed by atoms with E-state index in [0.29, 0.717) is 6.42 Å². The number of hydrogen-bond donors (Lipinski definition) is 2. The molecule has 1 aromatic carbocycles. The summed E-state index contributed by atoms with van der Waals surface area (Å²) in [5.74, 6) is 0.839. The molecule has 27 heavy (non-hydrogen) atoms. The predicted molar refractivity (Wildman–Crippen MR) is 105 cm³/mol. The van der Waals surface area contributed by atoms with Gasteiger partial charge in [0.15, 0.2) is 0 Å². The molecule has 0 aliphatic carbocycles. The molecule has 1 fully saturated rings. The predicted octanol–water partition coefficient (Wildman–Crippen LogP) is 2.70. The van der Waals surface area contributed by atoms with Crippen LogP contribution in [0.15, 0.2) is 42.9 Å². The molecule has 2 N–H and O–H groups in total. The molecular weight excluding hydrogens is 342 g/mol. The normalized spacial score (nSPS) is 16.5. The van der Waals surface area contributed by atoms with Crippen LogP contribution in [0.1, 0.15) is 25.5 Å². The summed E-state index contributed by atoms with van der Waals surface area (Å²) in [6.07, 6.45) is 7.98. The molecule has 0 radical (unpaired) electrons. The lowest BCUT2D eigenvalue weighted by atomic mass is 10.1. The number of nitrogens with one attached hydrogen (secondary N) is 2. The van der Waals surface area contributed by atoms with Gasteiger partial charge in [-0.1, -0.05) is 0 Å². The zero-order chi connectivity index (χ0) is 19.1. The van der Waals surface area contributed by atoms with Crippen LogP contribution in [0.3, 0.4) is 0 Å². The summed E-state index contributed by atoms with van der Waals surface area (Å²) in [5, 5.41) is 5.75. The largest absolute Gasteiger partial charge is 0.490 e. The Hall–Kier alpha value is -2.67. The Balaban J connectivity index is 1.44. The minimum absolute atomic E-state index is 0.0475. The van der Waals surface area contributed by atoms with Crippen molar-refractivity contribution in [2.24, 2.45) is 0 Å². The average Bonchev–Trinajstić information content (AvgIpc) is 2.66. The molecule has 1 aliphatic heterocycles. The van der Waals surface area contributed by atoms with Crippen LogP contribution < -0.4 is 15.4 Å². The first-order chi connectivity index (χ1) is 13.1. The Morgan fingerprint density at radius 1 is 1.26 bits per heavy atom. The highest BCUT2D eigenvalue weighted by molar-refractivity contribution is 5.89. The first-order valence-electron chi connectivity index (χ1n) is 9.36. The molecule has 7 nitrogen and oxygen atoms in total. The number of anilines is 1. The van der Waals surface area contributed by atoms with Crippen LogP contribution >= 0.6 is 0 Å². The van der Waals surface area contributed by atoms with E-state index in [2.05, 4.69) is 32.5 Å². The smallest absolute Gasteiger partial charge is 0.319 e. The van der Waals surface area contributed by atoms with Gasteiger partial charge >= 0.3 is 6.03 Å². The third-order valence-corrected chi connectivity index (χ3v) is 4.59. The molecule has 1 saturated heterocycles. The van der Waals surface area contributed by atoms with Crippen LogP contribution in [0, 0.1) is 0 Å². The van der Waals surface area contributed by atoms with Gasteiger partial charge in [-0.25, -0.2) is 4.79 Å². The maximum atomic E-state index is 12.2. The van der Waals surface area contributed by atoms with Gasteiger partial charge in [-0.15, -0.1) is 0 Å². The van der Waals surface area contributed by atoms with Crippen molar-refractivity contribution in [1.82, 2.24) is 20.2 Å². The molecule has 0 saturated carbocycles. The molecule has 7 heteroatoms. The maximum absolute atomic E-state index is 12.2. The topological polar surface area (TPSA) is 79.4 Å². The molecule has 1 atom stereocenters. The first kappa shape index (κ1) is 19.1. The van der Waals surface area contributed by atoms with Crippen molar-refractivity contribution in [3.05, 3.63) is 48.5 Å². The van der Waals surface area contributed by atoms with E-state index >= 15 is 0 Å². The monoisotopic (exact) mass is 369 g/mol. The summed E-state index contributed by atoms with van der Waals surface area (Å²) < 4.78 is 6.03. The van der Waals surface area contributed by atoms with Crippen LogP contribution in [-0.2, 0) is 6.42 Å². The number of carbonyl (C=O) groups is 1. The number of piperidine rings is 1. The highest BCUT2D eigenvalue weighted by atomic mass is 16.5. The summed E-state index contributed by atoms with van der Waals surface area (Å²) in [5.41, 5.74) is 1.58. The lowest BCUT2D eigenvalue weighted by Gasteiger charge is -2.29. The second-order valence-corrected chi connectivity index (χ2v) is 7.05.